The number of hydrogen-bond acceptors (Lipinski definition) is 4. The van der Waals surface area contributed by atoms with Gasteiger partial charge in [0, 0.05) is 17.8 Å². The number of fused-ring (bicyclic) bond motifs is 1. The van der Waals surface area contributed by atoms with Crippen LogP contribution in [0, 0.1) is 0 Å². The molecule has 3 rings (SSSR count). The van der Waals surface area contributed by atoms with E-state index in [0.29, 0.717) is 13.0 Å². The molecule has 128 valence electrons. The van der Waals surface area contributed by atoms with Gasteiger partial charge in [0.05, 0.1) is 17.0 Å². The second kappa shape index (κ2) is 6.74. The van der Waals surface area contributed by atoms with Crippen LogP contribution in [0.15, 0.2) is 35.4 Å². The summed E-state index contributed by atoms with van der Waals surface area (Å²) >= 11 is 0. The van der Waals surface area contributed by atoms with E-state index in [1.165, 1.54) is 12.1 Å². The molecule has 2 aromatic rings. The van der Waals surface area contributed by atoms with Crippen LogP contribution in [-0.4, -0.2) is 31.1 Å². The number of aryl methyl sites for hydroxylation is 1. The maximum Gasteiger partial charge on any atom is 0.238 e. The van der Waals surface area contributed by atoms with Crippen LogP contribution in [0.4, 0.5) is 0 Å². The van der Waals surface area contributed by atoms with Gasteiger partial charge in [-0.25, -0.2) is 13.6 Å². The van der Waals surface area contributed by atoms with Crippen LogP contribution in [0.1, 0.15) is 35.6 Å². The summed E-state index contributed by atoms with van der Waals surface area (Å²) in [6.07, 6.45) is 5.12. The average Bonchev–Trinajstić information content (AvgIpc) is 3.03. The summed E-state index contributed by atoms with van der Waals surface area (Å²) in [4.78, 5) is 12.5. The number of sulfonamides is 1. The summed E-state index contributed by atoms with van der Waals surface area (Å²) in [5.41, 5.74) is 2.99. The normalized spacial score (nSPS) is 17.3. The molecule has 7 nitrogen and oxygen atoms in total. The van der Waals surface area contributed by atoms with Gasteiger partial charge in [0.25, 0.3) is 0 Å². The highest BCUT2D eigenvalue weighted by atomic mass is 32.2. The molecule has 0 aliphatic heterocycles. The summed E-state index contributed by atoms with van der Waals surface area (Å²) in [5.74, 6) is -0.129. The van der Waals surface area contributed by atoms with Gasteiger partial charge >= 0.3 is 0 Å². The predicted molar refractivity (Wildman–Crippen MR) is 88.8 cm³/mol. The van der Waals surface area contributed by atoms with E-state index >= 15 is 0 Å². The highest BCUT2D eigenvalue weighted by molar-refractivity contribution is 7.89. The first-order valence-electron chi connectivity index (χ1n) is 7.87. The number of nitrogens with two attached hydrogens (primary N) is 1. The molecule has 1 heterocycles. The van der Waals surface area contributed by atoms with Gasteiger partial charge in [-0.05, 0) is 43.4 Å². The Hall–Kier alpha value is -2.19. The Labute approximate surface area is 140 Å². The molecule has 1 aliphatic carbocycles. The maximum absolute atomic E-state index is 12.4. The van der Waals surface area contributed by atoms with Crippen molar-refractivity contribution in [3.63, 3.8) is 0 Å². The number of primary sulfonamides is 1. The molecule has 1 aliphatic rings. The third-order valence-electron chi connectivity index (χ3n) is 4.33. The minimum atomic E-state index is -3.67. The molecule has 1 amide bonds. The van der Waals surface area contributed by atoms with Crippen LogP contribution >= 0.6 is 0 Å². The SMILES string of the molecule is NS(=O)(=O)c1ccc(CCNC(=O)C2CCCc3[nH]ncc32)cc1. The van der Waals surface area contributed by atoms with Crippen molar-refractivity contribution in [2.45, 2.75) is 36.5 Å². The third-order valence-corrected chi connectivity index (χ3v) is 5.26. The molecule has 1 aromatic heterocycles. The van der Waals surface area contributed by atoms with E-state index in [9.17, 15) is 13.2 Å². The first-order chi connectivity index (χ1) is 11.4. The lowest BCUT2D eigenvalue weighted by Crippen LogP contribution is -2.32. The first kappa shape index (κ1) is 16.7. The van der Waals surface area contributed by atoms with Gasteiger partial charge in [0.2, 0.25) is 15.9 Å². The number of hydrogen-bond donors (Lipinski definition) is 3. The van der Waals surface area contributed by atoms with E-state index in [-0.39, 0.29) is 16.7 Å². The largest absolute Gasteiger partial charge is 0.355 e. The molecule has 24 heavy (non-hydrogen) atoms. The van der Waals surface area contributed by atoms with Crippen LogP contribution in [-0.2, 0) is 27.7 Å². The molecule has 0 bridgehead atoms. The Bertz CT molecular complexity index is 827. The number of nitrogens with zero attached hydrogens (tertiary/aromatic N) is 1. The predicted octanol–water partition coefficient (Wildman–Crippen LogP) is 0.836. The number of carbonyl (C=O) groups excluding carboxylic acids is 1. The van der Waals surface area contributed by atoms with E-state index in [1.807, 2.05) is 0 Å². The monoisotopic (exact) mass is 348 g/mol. The number of aromatic amines is 1. The zero-order chi connectivity index (χ0) is 17.2. The topological polar surface area (TPSA) is 118 Å². The van der Waals surface area contributed by atoms with E-state index in [4.69, 9.17) is 5.14 Å². The molecule has 1 atom stereocenters. The maximum atomic E-state index is 12.4. The zero-order valence-electron chi connectivity index (χ0n) is 13.2. The van der Waals surface area contributed by atoms with Crippen LogP contribution in [0.3, 0.4) is 0 Å². The molecular formula is C16H20N4O3S. The summed E-state index contributed by atoms with van der Waals surface area (Å²) in [6.45, 7) is 0.497. The third kappa shape index (κ3) is 3.65. The smallest absolute Gasteiger partial charge is 0.238 e. The second-order valence-electron chi connectivity index (χ2n) is 5.98. The van der Waals surface area contributed by atoms with Crippen LogP contribution in [0.2, 0.25) is 0 Å². The standard InChI is InChI=1S/C16H20N4O3S/c17-24(22,23)12-6-4-11(5-7-12)8-9-18-16(21)13-2-1-3-15-14(13)10-19-20-15/h4-7,10,13H,1-3,8-9H2,(H,18,21)(H,19,20)(H2,17,22,23). The zero-order valence-corrected chi connectivity index (χ0v) is 14.0. The Morgan fingerprint density at radius 1 is 1.33 bits per heavy atom. The molecule has 8 heteroatoms. The first-order valence-corrected chi connectivity index (χ1v) is 9.41. The number of nitrogens with one attached hydrogen (secondary N) is 2. The van der Waals surface area contributed by atoms with Crippen molar-refractivity contribution in [2.24, 2.45) is 5.14 Å². The fraction of sp³-hybridized carbons (Fsp3) is 0.375. The van der Waals surface area contributed by atoms with Crippen molar-refractivity contribution >= 4 is 15.9 Å². The number of benzene rings is 1. The van der Waals surface area contributed by atoms with Crippen molar-refractivity contribution in [3.8, 4) is 0 Å². The number of carbonyl (C=O) groups is 1. The molecule has 0 saturated carbocycles. The van der Waals surface area contributed by atoms with Crippen molar-refractivity contribution in [2.75, 3.05) is 6.54 Å². The second-order valence-corrected chi connectivity index (χ2v) is 7.54. The summed E-state index contributed by atoms with van der Waals surface area (Å²) < 4.78 is 22.4. The van der Waals surface area contributed by atoms with E-state index in [0.717, 1.165) is 36.1 Å². The molecule has 1 aromatic carbocycles. The van der Waals surface area contributed by atoms with Crippen molar-refractivity contribution in [3.05, 3.63) is 47.3 Å². The Kier molecular flexibility index (Phi) is 4.68. The van der Waals surface area contributed by atoms with Crippen LogP contribution in [0.25, 0.3) is 0 Å². The molecular weight excluding hydrogens is 328 g/mol. The molecule has 0 radical (unpaired) electrons. The van der Waals surface area contributed by atoms with Gasteiger partial charge in [-0.1, -0.05) is 12.1 Å². The molecule has 4 N–H and O–H groups in total. The highest BCUT2D eigenvalue weighted by Crippen LogP contribution is 2.30. The Balaban J connectivity index is 1.55. The van der Waals surface area contributed by atoms with Gasteiger partial charge in [0.15, 0.2) is 0 Å². The lowest BCUT2D eigenvalue weighted by molar-refractivity contribution is -0.122. The quantitative estimate of drug-likeness (QED) is 0.742. The van der Waals surface area contributed by atoms with Gasteiger partial charge in [-0.15, -0.1) is 0 Å². The van der Waals surface area contributed by atoms with Crippen molar-refractivity contribution in [1.29, 1.82) is 0 Å². The lowest BCUT2D eigenvalue weighted by atomic mass is 9.86. The number of amides is 1. The number of H-pyrrole nitrogens is 1. The lowest BCUT2D eigenvalue weighted by Gasteiger charge is -2.21. The summed E-state index contributed by atoms with van der Waals surface area (Å²) in [7, 11) is -3.67. The minimum absolute atomic E-state index is 0.0125. The molecule has 0 spiro atoms. The molecule has 0 saturated heterocycles. The highest BCUT2D eigenvalue weighted by Gasteiger charge is 2.27. The van der Waals surface area contributed by atoms with Gasteiger partial charge in [0.1, 0.15) is 0 Å². The summed E-state index contributed by atoms with van der Waals surface area (Å²) in [6, 6.07) is 6.37. The van der Waals surface area contributed by atoms with Crippen LogP contribution < -0.4 is 10.5 Å². The van der Waals surface area contributed by atoms with Gasteiger partial charge in [-0.3, -0.25) is 9.89 Å². The minimum Gasteiger partial charge on any atom is -0.355 e. The van der Waals surface area contributed by atoms with Crippen LogP contribution in [0.5, 0.6) is 0 Å². The molecule has 1 unspecified atom stereocenters. The van der Waals surface area contributed by atoms with Gasteiger partial charge in [-0.2, -0.15) is 5.10 Å². The fourth-order valence-corrected chi connectivity index (χ4v) is 3.55. The van der Waals surface area contributed by atoms with E-state index in [1.54, 1.807) is 18.3 Å². The summed E-state index contributed by atoms with van der Waals surface area (Å²) in [5, 5.41) is 15.0. The Morgan fingerprint density at radius 2 is 2.08 bits per heavy atom. The van der Waals surface area contributed by atoms with E-state index < -0.39 is 10.0 Å². The van der Waals surface area contributed by atoms with Gasteiger partial charge < -0.3 is 5.32 Å². The fourth-order valence-electron chi connectivity index (χ4n) is 3.03. The average molecular weight is 348 g/mol. The number of aromatic nitrogens is 2. The van der Waals surface area contributed by atoms with Crippen molar-refractivity contribution < 1.29 is 13.2 Å². The van der Waals surface area contributed by atoms with Crippen molar-refractivity contribution in [1.82, 2.24) is 15.5 Å². The molecule has 0 fully saturated rings. The number of rotatable bonds is 5. The van der Waals surface area contributed by atoms with E-state index in [2.05, 4.69) is 15.5 Å². The Morgan fingerprint density at radius 3 is 2.79 bits per heavy atom.